The van der Waals surface area contributed by atoms with Gasteiger partial charge in [-0.25, -0.2) is 9.59 Å². The van der Waals surface area contributed by atoms with Crippen molar-refractivity contribution in [2.24, 2.45) is 46.3 Å². The molecular weight excluding hydrogens is 460 g/mol. The third-order valence-electron chi connectivity index (χ3n) is 10.4. The van der Waals surface area contributed by atoms with Crippen molar-refractivity contribution in [2.45, 2.75) is 83.7 Å². The summed E-state index contributed by atoms with van der Waals surface area (Å²) in [7, 11) is 0. The molecule has 8 aliphatic rings. The van der Waals surface area contributed by atoms with Crippen LogP contribution < -0.4 is 0 Å². The molecule has 2 atom stereocenters. The van der Waals surface area contributed by atoms with E-state index in [-0.39, 0.29) is 36.3 Å². The molecule has 8 bridgehead atoms. The van der Waals surface area contributed by atoms with Gasteiger partial charge < -0.3 is 18.9 Å². The normalized spacial score (nSPS) is 43.3. The molecule has 7 heteroatoms. The first-order valence-corrected chi connectivity index (χ1v) is 14.0. The van der Waals surface area contributed by atoms with Crippen molar-refractivity contribution < 1.29 is 33.3 Å². The first-order chi connectivity index (χ1) is 17.2. The fraction of sp³-hybridized carbons (Fsp3) is 0.828. The lowest BCUT2D eigenvalue weighted by Gasteiger charge is -2.57. The van der Waals surface area contributed by atoms with Crippen LogP contribution in [-0.2, 0) is 33.3 Å². The maximum absolute atomic E-state index is 13.3. The van der Waals surface area contributed by atoms with E-state index in [0.29, 0.717) is 24.2 Å². The third-order valence-corrected chi connectivity index (χ3v) is 10.4. The van der Waals surface area contributed by atoms with E-state index < -0.39 is 24.0 Å². The molecule has 0 aromatic heterocycles. The summed E-state index contributed by atoms with van der Waals surface area (Å²) in [5.41, 5.74) is 0.0906. The average Bonchev–Trinajstić information content (AvgIpc) is 2.81. The first-order valence-electron chi connectivity index (χ1n) is 14.0. The van der Waals surface area contributed by atoms with Crippen LogP contribution in [0.3, 0.4) is 0 Å². The Morgan fingerprint density at radius 2 is 1.39 bits per heavy atom. The van der Waals surface area contributed by atoms with Crippen LogP contribution in [0.2, 0.25) is 0 Å². The molecule has 8 aliphatic carbocycles. The van der Waals surface area contributed by atoms with Crippen LogP contribution in [0.5, 0.6) is 0 Å². The molecule has 7 nitrogen and oxygen atoms in total. The standard InChI is InChI=1S/C29H40O7/c1-17(2)26(31)34-14-24(30)36-25-22-6-21-7-23(25)13-29(11-21,12-22)27(32)35-16-33-15-28-8-18-3-19(9-28)5-20(4-18)10-28/h18-23,25H,1,3-16H2,2H3. The largest absolute Gasteiger partial charge is 0.459 e. The fourth-order valence-electron chi connectivity index (χ4n) is 9.83. The zero-order chi connectivity index (χ0) is 25.1. The molecule has 0 radical (unpaired) electrons. The van der Waals surface area contributed by atoms with Gasteiger partial charge >= 0.3 is 17.9 Å². The molecule has 8 rings (SSSR count). The minimum absolute atomic E-state index is 0.0504. The van der Waals surface area contributed by atoms with Gasteiger partial charge in [0.05, 0.1) is 12.0 Å². The van der Waals surface area contributed by atoms with Crippen LogP contribution in [0, 0.1) is 46.3 Å². The van der Waals surface area contributed by atoms with Crippen LogP contribution in [0.4, 0.5) is 0 Å². The first kappa shape index (κ1) is 24.4. The Morgan fingerprint density at radius 1 is 0.806 bits per heavy atom. The van der Waals surface area contributed by atoms with Crippen LogP contribution in [0.1, 0.15) is 77.6 Å². The maximum atomic E-state index is 13.3. The van der Waals surface area contributed by atoms with E-state index in [1.807, 2.05) is 0 Å². The van der Waals surface area contributed by atoms with Crippen molar-refractivity contribution in [3.63, 3.8) is 0 Å². The van der Waals surface area contributed by atoms with E-state index in [2.05, 4.69) is 6.58 Å². The lowest BCUT2D eigenvalue weighted by molar-refractivity contribution is -0.206. The topological polar surface area (TPSA) is 88.1 Å². The van der Waals surface area contributed by atoms with E-state index in [4.69, 9.17) is 18.9 Å². The van der Waals surface area contributed by atoms with Crippen molar-refractivity contribution in [1.82, 2.24) is 0 Å². The summed E-state index contributed by atoms with van der Waals surface area (Å²) in [6.45, 7) is 5.43. The summed E-state index contributed by atoms with van der Waals surface area (Å²) < 4.78 is 22.5. The Bertz CT molecular complexity index is 887. The van der Waals surface area contributed by atoms with E-state index in [0.717, 1.165) is 43.6 Å². The van der Waals surface area contributed by atoms with Gasteiger partial charge in [0.1, 0.15) is 6.10 Å². The van der Waals surface area contributed by atoms with Gasteiger partial charge in [0.25, 0.3) is 0 Å². The van der Waals surface area contributed by atoms with Gasteiger partial charge in [-0.15, -0.1) is 0 Å². The zero-order valence-corrected chi connectivity index (χ0v) is 21.5. The molecule has 0 N–H and O–H groups in total. The average molecular weight is 501 g/mol. The van der Waals surface area contributed by atoms with E-state index in [9.17, 15) is 14.4 Å². The summed E-state index contributed by atoms with van der Waals surface area (Å²) >= 11 is 0. The number of esters is 3. The monoisotopic (exact) mass is 500 g/mol. The Hall–Kier alpha value is -1.89. The smallest absolute Gasteiger partial charge is 0.344 e. The van der Waals surface area contributed by atoms with Gasteiger partial charge in [-0.3, -0.25) is 4.79 Å². The Morgan fingerprint density at radius 3 is 1.97 bits per heavy atom. The van der Waals surface area contributed by atoms with Gasteiger partial charge in [0.2, 0.25) is 0 Å². The number of carbonyl (C=O) groups excluding carboxylic acids is 3. The lowest BCUT2D eigenvalue weighted by Crippen LogP contribution is -2.57. The number of ether oxygens (including phenoxy) is 4. The Balaban J connectivity index is 0.994. The highest BCUT2D eigenvalue weighted by Gasteiger charge is 2.60. The molecular formula is C29H40O7. The maximum Gasteiger partial charge on any atom is 0.344 e. The summed E-state index contributed by atoms with van der Waals surface area (Å²) in [6.07, 6.45) is 12.1. The highest BCUT2D eigenvalue weighted by molar-refractivity contribution is 5.88. The molecule has 2 unspecified atom stereocenters. The summed E-state index contributed by atoms with van der Waals surface area (Å²) in [5.74, 6) is 2.17. The number of hydrogen-bond donors (Lipinski definition) is 0. The van der Waals surface area contributed by atoms with Crippen molar-refractivity contribution >= 4 is 17.9 Å². The predicted octanol–water partition coefficient (Wildman–Crippen LogP) is 4.58. The minimum Gasteiger partial charge on any atom is -0.459 e. The number of carbonyl (C=O) groups is 3. The van der Waals surface area contributed by atoms with Crippen LogP contribution in [0.15, 0.2) is 12.2 Å². The van der Waals surface area contributed by atoms with Crippen LogP contribution in [0.25, 0.3) is 0 Å². The molecule has 8 saturated carbocycles. The van der Waals surface area contributed by atoms with Gasteiger partial charge in [-0.05, 0) is 118 Å². The molecule has 0 aliphatic heterocycles. The van der Waals surface area contributed by atoms with E-state index in [1.165, 1.54) is 45.4 Å². The number of hydrogen-bond acceptors (Lipinski definition) is 7. The van der Waals surface area contributed by atoms with Crippen molar-refractivity contribution in [3.8, 4) is 0 Å². The fourth-order valence-corrected chi connectivity index (χ4v) is 9.83. The molecule has 0 spiro atoms. The van der Waals surface area contributed by atoms with Crippen molar-refractivity contribution in [3.05, 3.63) is 12.2 Å². The van der Waals surface area contributed by atoms with Gasteiger partial charge in [0, 0.05) is 5.57 Å². The van der Waals surface area contributed by atoms with Crippen LogP contribution in [-0.4, -0.2) is 44.0 Å². The van der Waals surface area contributed by atoms with E-state index in [1.54, 1.807) is 0 Å². The second-order valence-electron chi connectivity index (χ2n) is 13.4. The molecule has 0 heterocycles. The molecule has 36 heavy (non-hydrogen) atoms. The SMILES string of the molecule is C=C(C)C(=O)OCC(=O)OC1C2CC3CC1CC(C(=O)OCOCC14CC5CC(CC(C5)C1)C4)(C3)C2. The second-order valence-corrected chi connectivity index (χ2v) is 13.4. The van der Waals surface area contributed by atoms with Gasteiger partial charge in [-0.2, -0.15) is 0 Å². The highest BCUT2D eigenvalue weighted by atomic mass is 16.7. The third kappa shape index (κ3) is 4.50. The van der Waals surface area contributed by atoms with Crippen molar-refractivity contribution in [1.29, 1.82) is 0 Å². The molecule has 0 amide bonds. The molecule has 8 fully saturated rings. The highest BCUT2D eigenvalue weighted by Crippen LogP contribution is 2.62. The summed E-state index contributed by atoms with van der Waals surface area (Å²) in [6, 6.07) is 0. The number of rotatable bonds is 9. The second kappa shape index (κ2) is 9.14. The molecule has 0 aromatic carbocycles. The minimum atomic E-state index is -0.593. The van der Waals surface area contributed by atoms with Crippen LogP contribution >= 0.6 is 0 Å². The molecule has 198 valence electrons. The Labute approximate surface area is 213 Å². The predicted molar refractivity (Wildman–Crippen MR) is 129 cm³/mol. The van der Waals surface area contributed by atoms with Gasteiger partial charge in [-0.1, -0.05) is 6.58 Å². The van der Waals surface area contributed by atoms with Crippen molar-refractivity contribution in [2.75, 3.05) is 20.0 Å². The summed E-state index contributed by atoms with van der Waals surface area (Å²) in [5, 5.41) is 0. The summed E-state index contributed by atoms with van der Waals surface area (Å²) in [4.78, 5) is 37.2. The quantitative estimate of drug-likeness (QED) is 0.151. The zero-order valence-electron chi connectivity index (χ0n) is 21.5. The molecule has 0 saturated heterocycles. The lowest BCUT2D eigenvalue weighted by atomic mass is 9.48. The van der Waals surface area contributed by atoms with E-state index >= 15 is 0 Å². The Kier molecular flexibility index (Phi) is 6.21. The van der Waals surface area contributed by atoms with Gasteiger partial charge in [0.15, 0.2) is 13.4 Å². The molecule has 0 aromatic rings.